The van der Waals surface area contributed by atoms with Gasteiger partial charge in [-0.3, -0.25) is 4.79 Å². The highest BCUT2D eigenvalue weighted by Crippen LogP contribution is 2.26. The van der Waals surface area contributed by atoms with Crippen LogP contribution in [-0.4, -0.2) is 12.5 Å². The molecule has 3 heteroatoms. The van der Waals surface area contributed by atoms with Crippen LogP contribution in [0.4, 0.5) is 5.69 Å². The maximum Gasteiger partial charge on any atom is 0.258 e. The third-order valence-electron chi connectivity index (χ3n) is 3.22. The number of carbonyl (C=O) groups is 1. The minimum absolute atomic E-state index is 0.0547. The minimum atomic E-state index is 0.0547. The summed E-state index contributed by atoms with van der Waals surface area (Å²) in [4.78, 5) is 14.2. The Bertz CT molecular complexity index is 595. The van der Waals surface area contributed by atoms with Crippen molar-refractivity contribution in [2.45, 2.75) is 6.42 Å². The Labute approximate surface area is 111 Å². The monoisotopic (exact) mass is 257 g/mol. The molecule has 18 heavy (non-hydrogen) atoms. The van der Waals surface area contributed by atoms with Crippen molar-refractivity contribution in [3.8, 4) is 0 Å². The lowest BCUT2D eigenvalue weighted by molar-refractivity contribution is 0.0980. The average Bonchev–Trinajstić information content (AvgIpc) is 2.40. The van der Waals surface area contributed by atoms with E-state index in [0.29, 0.717) is 11.6 Å². The largest absolute Gasteiger partial charge is 0.308 e. The normalized spacial score (nSPS) is 14.5. The molecule has 2 aromatic carbocycles. The molecule has 0 radical (unpaired) electrons. The maximum absolute atomic E-state index is 12.4. The van der Waals surface area contributed by atoms with Crippen molar-refractivity contribution >= 4 is 23.2 Å². The number of benzene rings is 2. The van der Waals surface area contributed by atoms with Crippen LogP contribution in [0.1, 0.15) is 15.9 Å². The average molecular weight is 258 g/mol. The highest BCUT2D eigenvalue weighted by Gasteiger charge is 2.25. The van der Waals surface area contributed by atoms with E-state index in [2.05, 4.69) is 0 Å². The van der Waals surface area contributed by atoms with Gasteiger partial charge in [-0.15, -0.1) is 0 Å². The van der Waals surface area contributed by atoms with Crippen molar-refractivity contribution in [1.29, 1.82) is 0 Å². The Morgan fingerprint density at radius 3 is 2.61 bits per heavy atom. The van der Waals surface area contributed by atoms with Crippen molar-refractivity contribution in [1.82, 2.24) is 0 Å². The zero-order valence-electron chi connectivity index (χ0n) is 9.77. The molecule has 0 saturated heterocycles. The fourth-order valence-corrected chi connectivity index (χ4v) is 2.51. The number of hydrogen-bond acceptors (Lipinski definition) is 1. The topological polar surface area (TPSA) is 20.3 Å². The maximum atomic E-state index is 12.4. The standard InChI is InChI=1S/C15H12ClNO/c16-12-6-7-14-11(10-12)8-9-17(15(14)18)13-4-2-1-3-5-13/h1-7,10H,8-9H2. The van der Waals surface area contributed by atoms with E-state index in [9.17, 15) is 4.79 Å². The number of para-hydroxylation sites is 1. The molecule has 2 nitrogen and oxygen atoms in total. The lowest BCUT2D eigenvalue weighted by Gasteiger charge is -2.28. The van der Waals surface area contributed by atoms with Gasteiger partial charge in [0, 0.05) is 22.8 Å². The molecule has 0 bridgehead atoms. The van der Waals surface area contributed by atoms with Gasteiger partial charge in [0.1, 0.15) is 0 Å². The summed E-state index contributed by atoms with van der Waals surface area (Å²) >= 11 is 5.95. The SMILES string of the molecule is O=C1c2ccc(Cl)cc2CCN1c1ccccc1. The lowest BCUT2D eigenvalue weighted by Crippen LogP contribution is -2.37. The fraction of sp³-hybridized carbons (Fsp3) is 0.133. The molecule has 0 atom stereocenters. The summed E-state index contributed by atoms with van der Waals surface area (Å²) in [7, 11) is 0. The second-order valence-electron chi connectivity index (χ2n) is 4.34. The first-order chi connectivity index (χ1) is 8.75. The summed E-state index contributed by atoms with van der Waals surface area (Å²) < 4.78 is 0. The van der Waals surface area contributed by atoms with Crippen LogP contribution < -0.4 is 4.90 Å². The van der Waals surface area contributed by atoms with Crippen molar-refractivity contribution in [3.05, 3.63) is 64.7 Å². The van der Waals surface area contributed by atoms with Crippen molar-refractivity contribution < 1.29 is 4.79 Å². The number of halogens is 1. The highest BCUT2D eigenvalue weighted by molar-refractivity contribution is 6.30. The number of nitrogens with zero attached hydrogens (tertiary/aromatic N) is 1. The van der Waals surface area contributed by atoms with Crippen LogP contribution in [-0.2, 0) is 6.42 Å². The molecule has 90 valence electrons. The Balaban J connectivity index is 2.00. The quantitative estimate of drug-likeness (QED) is 0.765. The first kappa shape index (κ1) is 11.3. The zero-order valence-corrected chi connectivity index (χ0v) is 10.5. The van der Waals surface area contributed by atoms with Gasteiger partial charge in [-0.1, -0.05) is 29.8 Å². The van der Waals surface area contributed by atoms with Crippen molar-refractivity contribution in [2.24, 2.45) is 0 Å². The van der Waals surface area contributed by atoms with Crippen LogP contribution in [0, 0.1) is 0 Å². The predicted molar refractivity (Wildman–Crippen MR) is 73.3 cm³/mol. The third kappa shape index (κ3) is 1.89. The van der Waals surface area contributed by atoms with Crippen LogP contribution in [0.25, 0.3) is 0 Å². The molecular weight excluding hydrogens is 246 g/mol. The highest BCUT2D eigenvalue weighted by atomic mass is 35.5. The molecule has 1 heterocycles. The van der Waals surface area contributed by atoms with E-state index in [1.807, 2.05) is 47.4 Å². The summed E-state index contributed by atoms with van der Waals surface area (Å²) in [6, 6.07) is 15.2. The van der Waals surface area contributed by atoms with Gasteiger partial charge < -0.3 is 4.90 Å². The van der Waals surface area contributed by atoms with E-state index in [4.69, 9.17) is 11.6 Å². The lowest BCUT2D eigenvalue weighted by atomic mass is 9.98. The van der Waals surface area contributed by atoms with E-state index in [1.54, 1.807) is 6.07 Å². The molecule has 0 unspecified atom stereocenters. The number of hydrogen-bond donors (Lipinski definition) is 0. The second kappa shape index (κ2) is 4.46. The van der Waals surface area contributed by atoms with E-state index >= 15 is 0 Å². The minimum Gasteiger partial charge on any atom is -0.308 e. The molecule has 1 aliphatic heterocycles. The molecule has 2 aromatic rings. The summed E-state index contributed by atoms with van der Waals surface area (Å²) in [5, 5.41) is 0.690. The number of anilines is 1. The number of rotatable bonds is 1. The van der Waals surface area contributed by atoms with Gasteiger partial charge in [-0.05, 0) is 42.3 Å². The number of amides is 1. The molecule has 0 N–H and O–H groups in total. The molecule has 3 rings (SSSR count). The van der Waals surface area contributed by atoms with Gasteiger partial charge in [0.15, 0.2) is 0 Å². The Morgan fingerprint density at radius 2 is 1.83 bits per heavy atom. The first-order valence-corrected chi connectivity index (χ1v) is 6.29. The van der Waals surface area contributed by atoms with E-state index in [0.717, 1.165) is 23.2 Å². The number of carbonyl (C=O) groups excluding carboxylic acids is 1. The molecule has 0 aliphatic carbocycles. The molecule has 1 aliphatic rings. The van der Waals surface area contributed by atoms with Gasteiger partial charge in [0.2, 0.25) is 0 Å². The molecule has 0 fully saturated rings. The summed E-state index contributed by atoms with van der Waals surface area (Å²) in [6.45, 7) is 0.705. The third-order valence-corrected chi connectivity index (χ3v) is 3.45. The summed E-state index contributed by atoms with van der Waals surface area (Å²) in [5.74, 6) is 0.0547. The van der Waals surface area contributed by atoms with Crippen molar-refractivity contribution in [3.63, 3.8) is 0 Å². The van der Waals surface area contributed by atoms with Crippen LogP contribution in [0.2, 0.25) is 5.02 Å². The van der Waals surface area contributed by atoms with Crippen LogP contribution in [0.5, 0.6) is 0 Å². The predicted octanol–water partition coefficient (Wildman–Crippen LogP) is 3.54. The summed E-state index contributed by atoms with van der Waals surface area (Å²) in [6.07, 6.45) is 0.844. The first-order valence-electron chi connectivity index (χ1n) is 5.91. The smallest absolute Gasteiger partial charge is 0.258 e. The summed E-state index contributed by atoms with van der Waals surface area (Å²) in [5.41, 5.74) is 2.75. The van der Waals surface area contributed by atoms with Crippen LogP contribution in [0.15, 0.2) is 48.5 Å². The number of fused-ring (bicyclic) bond motifs is 1. The van der Waals surface area contributed by atoms with Gasteiger partial charge in [0.05, 0.1) is 0 Å². The van der Waals surface area contributed by atoms with E-state index in [-0.39, 0.29) is 5.91 Å². The van der Waals surface area contributed by atoms with Crippen LogP contribution in [0.3, 0.4) is 0 Å². The van der Waals surface area contributed by atoms with E-state index < -0.39 is 0 Å². The van der Waals surface area contributed by atoms with Gasteiger partial charge in [-0.25, -0.2) is 0 Å². The molecule has 0 aromatic heterocycles. The fourth-order valence-electron chi connectivity index (χ4n) is 2.31. The zero-order chi connectivity index (χ0) is 12.5. The molecule has 1 amide bonds. The molecule has 0 spiro atoms. The van der Waals surface area contributed by atoms with E-state index in [1.165, 1.54) is 0 Å². The second-order valence-corrected chi connectivity index (χ2v) is 4.78. The van der Waals surface area contributed by atoms with Gasteiger partial charge in [0.25, 0.3) is 5.91 Å². The molecule has 0 saturated carbocycles. The van der Waals surface area contributed by atoms with Crippen molar-refractivity contribution in [2.75, 3.05) is 11.4 Å². The molecular formula is C15H12ClNO. The van der Waals surface area contributed by atoms with Gasteiger partial charge >= 0.3 is 0 Å². The van der Waals surface area contributed by atoms with Crippen LogP contribution >= 0.6 is 11.6 Å². The Kier molecular flexibility index (Phi) is 2.80. The Hall–Kier alpha value is -1.80. The van der Waals surface area contributed by atoms with Gasteiger partial charge in [-0.2, -0.15) is 0 Å². The Morgan fingerprint density at radius 1 is 1.06 bits per heavy atom.